The minimum absolute atomic E-state index is 0.0891. The van der Waals surface area contributed by atoms with Crippen LogP contribution in [0.2, 0.25) is 5.02 Å². The van der Waals surface area contributed by atoms with Crippen LogP contribution in [-0.4, -0.2) is 5.97 Å². The van der Waals surface area contributed by atoms with Crippen LogP contribution in [0, 0.1) is 5.92 Å². The standard InChI is InChI=1S/C11H11ClO2/c12-9-6-1-2-7-10(9)14-11(13)8-4-3-5-8/h1-2,6-8H,3-5H2. The Bertz CT molecular complexity index is 345. The average Bonchev–Trinajstić information content (AvgIpc) is 2.05. The van der Waals surface area contributed by atoms with Crippen LogP contribution in [0.3, 0.4) is 0 Å². The molecule has 3 heteroatoms. The number of para-hydroxylation sites is 1. The number of esters is 1. The summed E-state index contributed by atoms with van der Waals surface area (Å²) in [4.78, 5) is 11.5. The Balaban J connectivity index is 2.03. The van der Waals surface area contributed by atoms with Crippen LogP contribution in [0.1, 0.15) is 19.3 Å². The van der Waals surface area contributed by atoms with Gasteiger partial charge in [0, 0.05) is 0 Å². The molecule has 0 atom stereocenters. The van der Waals surface area contributed by atoms with Crippen LogP contribution in [0.5, 0.6) is 5.75 Å². The van der Waals surface area contributed by atoms with E-state index in [1.807, 2.05) is 6.07 Å². The van der Waals surface area contributed by atoms with E-state index in [1.165, 1.54) is 0 Å². The molecule has 0 unspecified atom stereocenters. The molecule has 0 amide bonds. The van der Waals surface area contributed by atoms with Crippen molar-refractivity contribution in [2.75, 3.05) is 0 Å². The zero-order chi connectivity index (χ0) is 9.97. The van der Waals surface area contributed by atoms with Gasteiger partial charge in [-0.15, -0.1) is 0 Å². The molecule has 0 aliphatic heterocycles. The van der Waals surface area contributed by atoms with Crippen molar-refractivity contribution < 1.29 is 9.53 Å². The van der Waals surface area contributed by atoms with Crippen LogP contribution in [0.4, 0.5) is 0 Å². The maximum absolute atomic E-state index is 11.5. The first-order valence-corrected chi connectivity index (χ1v) is 5.11. The first-order chi connectivity index (χ1) is 6.77. The number of halogens is 1. The van der Waals surface area contributed by atoms with Gasteiger partial charge in [-0.1, -0.05) is 30.2 Å². The molecule has 2 nitrogen and oxygen atoms in total. The van der Waals surface area contributed by atoms with Gasteiger partial charge in [0.15, 0.2) is 0 Å². The predicted octanol–water partition coefficient (Wildman–Crippen LogP) is 3.05. The predicted molar refractivity (Wildman–Crippen MR) is 54.4 cm³/mol. The van der Waals surface area contributed by atoms with E-state index in [0.29, 0.717) is 10.8 Å². The molecular weight excluding hydrogens is 200 g/mol. The molecule has 0 aromatic heterocycles. The molecule has 14 heavy (non-hydrogen) atoms. The van der Waals surface area contributed by atoms with Gasteiger partial charge in [0.2, 0.25) is 0 Å². The highest BCUT2D eigenvalue weighted by Crippen LogP contribution is 2.30. The summed E-state index contributed by atoms with van der Waals surface area (Å²) in [5.41, 5.74) is 0. The van der Waals surface area contributed by atoms with Gasteiger partial charge in [0.05, 0.1) is 10.9 Å². The molecule has 0 saturated heterocycles. The Morgan fingerprint density at radius 1 is 1.36 bits per heavy atom. The lowest BCUT2D eigenvalue weighted by Crippen LogP contribution is -2.26. The number of carbonyl (C=O) groups excluding carboxylic acids is 1. The van der Waals surface area contributed by atoms with Crippen molar-refractivity contribution in [3.8, 4) is 5.75 Å². The second-order valence-electron chi connectivity index (χ2n) is 3.48. The first-order valence-electron chi connectivity index (χ1n) is 4.73. The van der Waals surface area contributed by atoms with E-state index in [1.54, 1.807) is 18.2 Å². The van der Waals surface area contributed by atoms with Crippen molar-refractivity contribution in [3.63, 3.8) is 0 Å². The fourth-order valence-corrected chi connectivity index (χ4v) is 1.54. The first kappa shape index (κ1) is 9.53. The molecule has 0 spiro atoms. The topological polar surface area (TPSA) is 26.3 Å². The number of rotatable bonds is 2. The normalized spacial score (nSPS) is 16.1. The van der Waals surface area contributed by atoms with Gasteiger partial charge < -0.3 is 4.74 Å². The summed E-state index contributed by atoms with van der Waals surface area (Å²) >= 11 is 5.86. The summed E-state index contributed by atoms with van der Waals surface area (Å²) in [6.07, 6.45) is 3.02. The summed E-state index contributed by atoms with van der Waals surface area (Å²) in [6.45, 7) is 0. The molecule has 0 radical (unpaired) electrons. The molecule has 1 aromatic rings. The summed E-state index contributed by atoms with van der Waals surface area (Å²) in [5, 5.41) is 0.486. The van der Waals surface area contributed by atoms with Gasteiger partial charge in [-0.3, -0.25) is 4.79 Å². The fourth-order valence-electron chi connectivity index (χ4n) is 1.36. The molecule has 2 rings (SSSR count). The lowest BCUT2D eigenvalue weighted by Gasteiger charge is -2.23. The Morgan fingerprint density at radius 3 is 2.64 bits per heavy atom. The smallest absolute Gasteiger partial charge is 0.314 e. The summed E-state index contributed by atoms with van der Waals surface area (Å²) in [7, 11) is 0. The van der Waals surface area contributed by atoms with E-state index in [0.717, 1.165) is 19.3 Å². The third kappa shape index (κ3) is 1.90. The van der Waals surface area contributed by atoms with E-state index in [9.17, 15) is 4.79 Å². The molecule has 1 aliphatic carbocycles. The maximum atomic E-state index is 11.5. The van der Waals surface area contributed by atoms with Crippen molar-refractivity contribution >= 4 is 17.6 Å². The van der Waals surface area contributed by atoms with E-state index in [2.05, 4.69) is 0 Å². The van der Waals surface area contributed by atoms with Gasteiger partial charge >= 0.3 is 5.97 Å². The molecule has 1 aromatic carbocycles. The van der Waals surface area contributed by atoms with Crippen molar-refractivity contribution in [1.82, 2.24) is 0 Å². The van der Waals surface area contributed by atoms with Crippen LogP contribution in [-0.2, 0) is 4.79 Å². The number of benzene rings is 1. The fraction of sp³-hybridized carbons (Fsp3) is 0.364. The van der Waals surface area contributed by atoms with E-state index >= 15 is 0 Å². The van der Waals surface area contributed by atoms with Crippen LogP contribution >= 0.6 is 11.6 Å². The monoisotopic (exact) mass is 210 g/mol. The van der Waals surface area contributed by atoms with Gasteiger partial charge in [-0.05, 0) is 25.0 Å². The minimum atomic E-state index is -0.149. The minimum Gasteiger partial charge on any atom is -0.425 e. The SMILES string of the molecule is O=C(Oc1ccccc1Cl)C1CCC1. The number of ether oxygens (including phenoxy) is 1. The van der Waals surface area contributed by atoms with Crippen molar-refractivity contribution in [2.24, 2.45) is 5.92 Å². The summed E-state index contributed by atoms with van der Waals surface area (Å²) < 4.78 is 5.18. The van der Waals surface area contributed by atoms with E-state index < -0.39 is 0 Å². The summed E-state index contributed by atoms with van der Waals surface area (Å²) in [6, 6.07) is 7.03. The number of carbonyl (C=O) groups is 1. The van der Waals surface area contributed by atoms with Crippen LogP contribution in [0.15, 0.2) is 24.3 Å². The van der Waals surface area contributed by atoms with E-state index in [-0.39, 0.29) is 11.9 Å². The maximum Gasteiger partial charge on any atom is 0.314 e. The Labute approximate surface area is 87.8 Å². The number of hydrogen-bond acceptors (Lipinski definition) is 2. The Hall–Kier alpha value is -1.02. The molecular formula is C11H11ClO2. The van der Waals surface area contributed by atoms with Gasteiger partial charge in [0.25, 0.3) is 0 Å². The molecule has 1 saturated carbocycles. The molecule has 0 heterocycles. The quantitative estimate of drug-likeness (QED) is 0.554. The lowest BCUT2D eigenvalue weighted by molar-refractivity contribution is -0.141. The second-order valence-corrected chi connectivity index (χ2v) is 3.89. The largest absolute Gasteiger partial charge is 0.425 e. The zero-order valence-electron chi connectivity index (χ0n) is 7.70. The molecule has 74 valence electrons. The molecule has 1 aliphatic rings. The highest BCUT2D eigenvalue weighted by Gasteiger charge is 2.27. The van der Waals surface area contributed by atoms with Crippen molar-refractivity contribution in [2.45, 2.75) is 19.3 Å². The molecule has 1 fully saturated rings. The number of hydrogen-bond donors (Lipinski definition) is 0. The van der Waals surface area contributed by atoms with Gasteiger partial charge in [-0.25, -0.2) is 0 Å². The van der Waals surface area contributed by atoms with E-state index in [4.69, 9.17) is 16.3 Å². The highest BCUT2D eigenvalue weighted by molar-refractivity contribution is 6.32. The second kappa shape index (κ2) is 4.01. The van der Waals surface area contributed by atoms with Gasteiger partial charge in [-0.2, -0.15) is 0 Å². The highest BCUT2D eigenvalue weighted by atomic mass is 35.5. The van der Waals surface area contributed by atoms with Crippen LogP contribution in [0.25, 0.3) is 0 Å². The lowest BCUT2D eigenvalue weighted by atomic mass is 9.86. The molecule has 0 N–H and O–H groups in total. The van der Waals surface area contributed by atoms with Gasteiger partial charge in [0.1, 0.15) is 5.75 Å². The van der Waals surface area contributed by atoms with Crippen LogP contribution < -0.4 is 4.74 Å². The molecule has 0 bridgehead atoms. The summed E-state index contributed by atoms with van der Waals surface area (Å²) in [5.74, 6) is 0.404. The Morgan fingerprint density at radius 2 is 2.07 bits per heavy atom. The third-order valence-electron chi connectivity index (χ3n) is 2.49. The van der Waals surface area contributed by atoms with Crippen molar-refractivity contribution in [3.05, 3.63) is 29.3 Å². The average molecular weight is 211 g/mol. The zero-order valence-corrected chi connectivity index (χ0v) is 8.46. The third-order valence-corrected chi connectivity index (χ3v) is 2.80. The Kier molecular flexibility index (Phi) is 2.73. The van der Waals surface area contributed by atoms with Crippen molar-refractivity contribution in [1.29, 1.82) is 0 Å².